The third kappa shape index (κ3) is 6.67. The molecular weight excluding hydrogens is 458 g/mol. The first-order valence-corrected chi connectivity index (χ1v) is 10.5. The van der Waals surface area contributed by atoms with Gasteiger partial charge in [0.15, 0.2) is 6.61 Å². The summed E-state index contributed by atoms with van der Waals surface area (Å²) in [6.45, 7) is 0.488. The quantitative estimate of drug-likeness (QED) is 0.485. The average Bonchev–Trinajstić information content (AvgIpc) is 2.75. The molecular formula is C24H24BrN3O3. The minimum absolute atomic E-state index is 0.211. The van der Waals surface area contributed by atoms with Crippen LogP contribution in [0.4, 0.5) is 11.4 Å². The Kier molecular flexibility index (Phi) is 7.81. The number of rotatable bonds is 8. The Morgan fingerprint density at radius 3 is 2.32 bits per heavy atom. The number of hydrogen-bond donors (Lipinski definition) is 2. The van der Waals surface area contributed by atoms with Gasteiger partial charge in [0.1, 0.15) is 5.75 Å². The predicted molar refractivity (Wildman–Crippen MR) is 126 cm³/mol. The molecule has 0 fully saturated rings. The number of amides is 2. The molecule has 2 N–H and O–H groups in total. The van der Waals surface area contributed by atoms with E-state index in [4.69, 9.17) is 4.74 Å². The molecule has 0 atom stereocenters. The number of anilines is 2. The lowest BCUT2D eigenvalue weighted by molar-refractivity contribution is -0.118. The zero-order chi connectivity index (χ0) is 22.2. The minimum atomic E-state index is -0.311. The van der Waals surface area contributed by atoms with Gasteiger partial charge in [0, 0.05) is 22.4 Å². The largest absolute Gasteiger partial charge is 0.483 e. The Morgan fingerprint density at radius 1 is 0.903 bits per heavy atom. The van der Waals surface area contributed by atoms with Crippen molar-refractivity contribution < 1.29 is 14.3 Å². The molecule has 0 aliphatic rings. The maximum Gasteiger partial charge on any atom is 0.262 e. The molecule has 0 aliphatic heterocycles. The third-order valence-electron chi connectivity index (χ3n) is 4.37. The average molecular weight is 482 g/mol. The molecule has 0 aliphatic carbocycles. The van der Waals surface area contributed by atoms with E-state index in [0.717, 1.165) is 15.7 Å². The van der Waals surface area contributed by atoms with Crippen molar-refractivity contribution in [2.24, 2.45) is 0 Å². The molecule has 0 heterocycles. The zero-order valence-electron chi connectivity index (χ0n) is 17.4. The summed E-state index contributed by atoms with van der Waals surface area (Å²) < 4.78 is 6.58. The van der Waals surface area contributed by atoms with E-state index in [2.05, 4.69) is 26.6 Å². The third-order valence-corrected chi connectivity index (χ3v) is 4.90. The maximum atomic E-state index is 12.9. The first-order chi connectivity index (χ1) is 14.9. The number of nitrogens with zero attached hydrogens (tertiary/aromatic N) is 1. The number of halogens is 1. The number of para-hydroxylation sites is 2. The van der Waals surface area contributed by atoms with Crippen LogP contribution in [0.1, 0.15) is 15.9 Å². The van der Waals surface area contributed by atoms with Crippen LogP contribution in [0.25, 0.3) is 0 Å². The van der Waals surface area contributed by atoms with Crippen LogP contribution in [0.15, 0.2) is 77.3 Å². The van der Waals surface area contributed by atoms with Crippen molar-refractivity contribution in [2.75, 3.05) is 31.3 Å². The van der Waals surface area contributed by atoms with Crippen molar-refractivity contribution in [3.05, 3.63) is 88.4 Å². The lowest BCUT2D eigenvalue weighted by atomic mass is 10.1. The fourth-order valence-corrected chi connectivity index (χ4v) is 3.23. The molecule has 0 spiro atoms. The van der Waals surface area contributed by atoms with E-state index >= 15 is 0 Å². The van der Waals surface area contributed by atoms with Gasteiger partial charge in [-0.05, 0) is 62.1 Å². The molecule has 3 aromatic carbocycles. The highest BCUT2D eigenvalue weighted by Gasteiger charge is 2.15. The molecule has 0 bridgehead atoms. The van der Waals surface area contributed by atoms with Crippen LogP contribution < -0.4 is 15.4 Å². The lowest BCUT2D eigenvalue weighted by Gasteiger charge is -2.16. The highest BCUT2D eigenvalue weighted by atomic mass is 79.9. The van der Waals surface area contributed by atoms with Gasteiger partial charge in [-0.2, -0.15) is 0 Å². The van der Waals surface area contributed by atoms with Gasteiger partial charge in [-0.25, -0.2) is 0 Å². The van der Waals surface area contributed by atoms with E-state index in [1.165, 1.54) is 0 Å². The van der Waals surface area contributed by atoms with Crippen molar-refractivity contribution in [3.8, 4) is 5.75 Å². The predicted octanol–water partition coefficient (Wildman–Crippen LogP) is 4.78. The van der Waals surface area contributed by atoms with Crippen molar-refractivity contribution in [2.45, 2.75) is 6.54 Å². The van der Waals surface area contributed by atoms with Gasteiger partial charge < -0.3 is 20.3 Å². The van der Waals surface area contributed by atoms with Gasteiger partial charge in [-0.1, -0.05) is 46.3 Å². The molecule has 0 aromatic heterocycles. The number of benzene rings is 3. The van der Waals surface area contributed by atoms with Crippen LogP contribution >= 0.6 is 15.9 Å². The van der Waals surface area contributed by atoms with Gasteiger partial charge in [0.2, 0.25) is 0 Å². The molecule has 3 aromatic rings. The Morgan fingerprint density at radius 2 is 1.58 bits per heavy atom. The van der Waals surface area contributed by atoms with Gasteiger partial charge in [0.25, 0.3) is 11.8 Å². The normalized spacial score (nSPS) is 10.6. The molecule has 0 radical (unpaired) electrons. The summed E-state index contributed by atoms with van der Waals surface area (Å²) in [6, 6.07) is 21.8. The van der Waals surface area contributed by atoms with E-state index in [-0.39, 0.29) is 18.4 Å². The summed E-state index contributed by atoms with van der Waals surface area (Å²) in [5.41, 5.74) is 2.77. The molecule has 7 heteroatoms. The summed E-state index contributed by atoms with van der Waals surface area (Å²) in [5, 5.41) is 5.72. The van der Waals surface area contributed by atoms with E-state index in [1.807, 2.05) is 55.4 Å². The second-order valence-electron chi connectivity index (χ2n) is 7.19. The Balaban J connectivity index is 1.66. The molecule has 2 amide bonds. The molecule has 31 heavy (non-hydrogen) atoms. The lowest BCUT2D eigenvalue weighted by Crippen LogP contribution is -2.22. The molecule has 6 nitrogen and oxygen atoms in total. The first-order valence-electron chi connectivity index (χ1n) is 9.73. The second kappa shape index (κ2) is 10.7. The topological polar surface area (TPSA) is 70.7 Å². The fourth-order valence-electron chi connectivity index (χ4n) is 2.96. The van der Waals surface area contributed by atoms with Crippen LogP contribution in [0.2, 0.25) is 0 Å². The van der Waals surface area contributed by atoms with E-state index in [0.29, 0.717) is 23.5 Å². The number of hydrogen-bond acceptors (Lipinski definition) is 4. The molecule has 0 unspecified atom stereocenters. The zero-order valence-corrected chi connectivity index (χ0v) is 19.0. The summed E-state index contributed by atoms with van der Waals surface area (Å²) in [6.07, 6.45) is 0. The number of ether oxygens (including phenoxy) is 1. The number of nitrogens with one attached hydrogen (secondary N) is 2. The molecule has 0 saturated carbocycles. The van der Waals surface area contributed by atoms with Crippen LogP contribution in [0.5, 0.6) is 5.75 Å². The van der Waals surface area contributed by atoms with E-state index in [9.17, 15) is 9.59 Å². The minimum Gasteiger partial charge on any atom is -0.483 e. The highest BCUT2D eigenvalue weighted by Crippen LogP contribution is 2.22. The van der Waals surface area contributed by atoms with Crippen LogP contribution in [-0.4, -0.2) is 37.4 Å². The molecule has 160 valence electrons. The second-order valence-corrected chi connectivity index (χ2v) is 8.10. The maximum absolute atomic E-state index is 12.9. The van der Waals surface area contributed by atoms with Gasteiger partial charge in [-0.3, -0.25) is 9.59 Å². The van der Waals surface area contributed by atoms with E-state index in [1.54, 1.807) is 36.4 Å². The van der Waals surface area contributed by atoms with E-state index < -0.39 is 0 Å². The summed E-state index contributed by atoms with van der Waals surface area (Å²) >= 11 is 3.36. The summed E-state index contributed by atoms with van der Waals surface area (Å²) in [5.74, 6) is -0.264. The van der Waals surface area contributed by atoms with Gasteiger partial charge >= 0.3 is 0 Å². The van der Waals surface area contributed by atoms with Crippen molar-refractivity contribution >= 4 is 39.1 Å². The molecule has 0 saturated heterocycles. The van der Waals surface area contributed by atoms with Crippen LogP contribution in [0.3, 0.4) is 0 Å². The van der Waals surface area contributed by atoms with Crippen molar-refractivity contribution in [1.82, 2.24) is 4.90 Å². The smallest absolute Gasteiger partial charge is 0.262 e. The highest BCUT2D eigenvalue weighted by molar-refractivity contribution is 9.10. The number of carbonyl (C=O) groups is 2. The van der Waals surface area contributed by atoms with Gasteiger partial charge in [0.05, 0.1) is 5.56 Å². The monoisotopic (exact) mass is 481 g/mol. The summed E-state index contributed by atoms with van der Waals surface area (Å²) in [4.78, 5) is 27.2. The van der Waals surface area contributed by atoms with Crippen molar-refractivity contribution in [3.63, 3.8) is 0 Å². The Bertz CT molecular complexity index is 1050. The first kappa shape index (κ1) is 22.5. The SMILES string of the molecule is CN(C)Cc1ccccc1NC(=O)c1ccccc1OCC(=O)Nc1ccc(Br)cc1. The Labute approximate surface area is 190 Å². The molecule has 3 rings (SSSR count). The number of carbonyl (C=O) groups excluding carboxylic acids is 2. The van der Waals surface area contributed by atoms with Crippen LogP contribution in [-0.2, 0) is 11.3 Å². The summed E-state index contributed by atoms with van der Waals surface area (Å²) in [7, 11) is 3.95. The van der Waals surface area contributed by atoms with Crippen molar-refractivity contribution in [1.29, 1.82) is 0 Å². The fraction of sp³-hybridized carbons (Fsp3) is 0.167. The van der Waals surface area contributed by atoms with Gasteiger partial charge in [-0.15, -0.1) is 0 Å². The standard InChI is InChI=1S/C24H24BrN3O3/c1-28(2)15-17-7-3-5-9-21(17)27-24(30)20-8-4-6-10-22(20)31-16-23(29)26-19-13-11-18(25)12-14-19/h3-14H,15-16H2,1-2H3,(H,26,29)(H,27,30). The van der Waals surface area contributed by atoms with Crippen LogP contribution in [0, 0.1) is 0 Å². The Hall–Kier alpha value is -3.16.